The van der Waals surface area contributed by atoms with E-state index in [1.165, 1.54) is 11.1 Å². The lowest BCUT2D eigenvalue weighted by molar-refractivity contribution is -0.149. The van der Waals surface area contributed by atoms with Gasteiger partial charge in [0.15, 0.2) is 0 Å². The van der Waals surface area contributed by atoms with Gasteiger partial charge in [-0.05, 0) is 35.6 Å². The van der Waals surface area contributed by atoms with Crippen molar-refractivity contribution in [2.45, 2.75) is 25.3 Å². The Balaban J connectivity index is 1.48. The Kier molecular flexibility index (Phi) is 4.68. The molecule has 0 aromatic heterocycles. The fourth-order valence-electron chi connectivity index (χ4n) is 3.97. The number of nitrogens with zero attached hydrogens (tertiary/aromatic N) is 2. The molecule has 0 bridgehead atoms. The lowest BCUT2D eigenvalue weighted by Gasteiger charge is -2.44. The van der Waals surface area contributed by atoms with Gasteiger partial charge in [-0.3, -0.25) is 9.59 Å². The van der Waals surface area contributed by atoms with Crippen LogP contribution in [-0.4, -0.2) is 41.2 Å². The molecule has 1 fully saturated rings. The maximum Gasteiger partial charge on any atom is 0.242 e. The molecule has 2 aliphatic rings. The highest BCUT2D eigenvalue weighted by Gasteiger charge is 2.38. The summed E-state index contributed by atoms with van der Waals surface area (Å²) in [5.41, 5.74) is 3.43. The molecule has 4 nitrogen and oxygen atoms in total. The Labute approximate surface area is 158 Å². The van der Waals surface area contributed by atoms with Crippen molar-refractivity contribution in [3.8, 4) is 0 Å². The minimum absolute atomic E-state index is 0.0148. The van der Waals surface area contributed by atoms with Crippen molar-refractivity contribution in [2.75, 3.05) is 19.6 Å². The number of piperazine rings is 1. The van der Waals surface area contributed by atoms with Crippen molar-refractivity contribution in [3.63, 3.8) is 0 Å². The molecule has 26 heavy (non-hydrogen) atoms. The van der Waals surface area contributed by atoms with E-state index in [1.54, 1.807) is 4.90 Å². The molecule has 0 radical (unpaired) electrons. The first kappa shape index (κ1) is 17.1. The molecular formula is C21H21ClN2O2. The van der Waals surface area contributed by atoms with Crippen LogP contribution in [0.2, 0.25) is 5.02 Å². The lowest BCUT2D eigenvalue weighted by atomic mass is 9.90. The van der Waals surface area contributed by atoms with Crippen LogP contribution in [0.4, 0.5) is 0 Å². The minimum Gasteiger partial charge on any atom is -0.332 e. The SMILES string of the molecule is O=C(CCc1ccccc1Cl)N1CC(=O)N2CCc3ccccc3C2C1. The van der Waals surface area contributed by atoms with Crippen LogP contribution in [0.5, 0.6) is 0 Å². The van der Waals surface area contributed by atoms with Crippen molar-refractivity contribution in [3.05, 3.63) is 70.2 Å². The van der Waals surface area contributed by atoms with Crippen LogP contribution in [-0.2, 0) is 22.4 Å². The van der Waals surface area contributed by atoms with Crippen LogP contribution in [0.3, 0.4) is 0 Å². The number of fused-ring (bicyclic) bond motifs is 3. The van der Waals surface area contributed by atoms with Crippen LogP contribution in [0.15, 0.2) is 48.5 Å². The van der Waals surface area contributed by atoms with Crippen molar-refractivity contribution >= 4 is 23.4 Å². The normalized spacial score (nSPS) is 19.1. The van der Waals surface area contributed by atoms with E-state index in [4.69, 9.17) is 11.6 Å². The fraction of sp³-hybridized carbons (Fsp3) is 0.333. The highest BCUT2D eigenvalue weighted by Crippen LogP contribution is 2.33. The van der Waals surface area contributed by atoms with Gasteiger partial charge < -0.3 is 9.80 Å². The summed E-state index contributed by atoms with van der Waals surface area (Å²) in [5.74, 6) is 0.0582. The molecular weight excluding hydrogens is 348 g/mol. The minimum atomic E-state index is -0.0227. The Morgan fingerprint density at radius 1 is 1.12 bits per heavy atom. The summed E-state index contributed by atoms with van der Waals surface area (Å²) in [7, 11) is 0. The van der Waals surface area contributed by atoms with E-state index in [1.807, 2.05) is 41.3 Å². The molecule has 0 N–H and O–H groups in total. The third-order valence-electron chi connectivity index (χ3n) is 5.37. The summed E-state index contributed by atoms with van der Waals surface area (Å²) in [5, 5.41) is 0.683. The van der Waals surface area contributed by atoms with E-state index in [-0.39, 0.29) is 24.4 Å². The topological polar surface area (TPSA) is 40.6 Å². The molecule has 5 heteroatoms. The molecule has 1 atom stereocenters. The molecule has 1 saturated heterocycles. The molecule has 1 unspecified atom stereocenters. The smallest absolute Gasteiger partial charge is 0.242 e. The molecule has 2 amide bonds. The Bertz CT molecular complexity index is 851. The third-order valence-corrected chi connectivity index (χ3v) is 5.74. The van der Waals surface area contributed by atoms with Crippen molar-refractivity contribution in [1.82, 2.24) is 9.80 Å². The van der Waals surface area contributed by atoms with E-state index >= 15 is 0 Å². The maximum atomic E-state index is 12.7. The number of aryl methyl sites for hydroxylation is 1. The summed E-state index contributed by atoms with van der Waals surface area (Å²) in [6.45, 7) is 1.49. The van der Waals surface area contributed by atoms with E-state index in [0.717, 1.165) is 18.5 Å². The molecule has 2 aromatic carbocycles. The van der Waals surface area contributed by atoms with Gasteiger partial charge in [-0.15, -0.1) is 0 Å². The van der Waals surface area contributed by atoms with E-state index in [9.17, 15) is 9.59 Å². The highest BCUT2D eigenvalue weighted by atomic mass is 35.5. The molecule has 4 rings (SSSR count). The number of halogens is 1. The number of benzene rings is 2. The second-order valence-electron chi connectivity index (χ2n) is 6.92. The van der Waals surface area contributed by atoms with Gasteiger partial charge in [0, 0.05) is 24.5 Å². The average molecular weight is 369 g/mol. The van der Waals surface area contributed by atoms with Gasteiger partial charge >= 0.3 is 0 Å². The van der Waals surface area contributed by atoms with Crippen LogP contribution in [0.1, 0.15) is 29.2 Å². The van der Waals surface area contributed by atoms with Crippen molar-refractivity contribution in [1.29, 1.82) is 0 Å². The molecule has 0 aliphatic carbocycles. The lowest BCUT2D eigenvalue weighted by Crippen LogP contribution is -2.55. The molecule has 0 spiro atoms. The number of hydrogen-bond donors (Lipinski definition) is 0. The maximum absolute atomic E-state index is 12.7. The number of carbonyl (C=O) groups excluding carboxylic acids is 2. The molecule has 2 aromatic rings. The molecule has 2 aliphatic heterocycles. The van der Waals surface area contributed by atoms with Crippen LogP contribution in [0, 0.1) is 0 Å². The summed E-state index contributed by atoms with van der Waals surface area (Å²) in [6.07, 6.45) is 1.85. The zero-order valence-electron chi connectivity index (χ0n) is 14.5. The first-order valence-corrected chi connectivity index (χ1v) is 9.40. The standard InChI is InChI=1S/C21H21ClN2O2/c22-18-8-4-2-6-16(18)9-10-20(25)23-13-19-17-7-3-1-5-15(17)11-12-24(19)21(26)14-23/h1-8,19H,9-14H2. The highest BCUT2D eigenvalue weighted by molar-refractivity contribution is 6.31. The fourth-order valence-corrected chi connectivity index (χ4v) is 4.20. The van der Waals surface area contributed by atoms with Crippen molar-refractivity contribution < 1.29 is 9.59 Å². The zero-order valence-corrected chi connectivity index (χ0v) is 15.3. The predicted molar refractivity (Wildman–Crippen MR) is 101 cm³/mol. The average Bonchev–Trinajstić information content (AvgIpc) is 2.67. The zero-order chi connectivity index (χ0) is 18.1. The van der Waals surface area contributed by atoms with Gasteiger partial charge in [0.25, 0.3) is 0 Å². The van der Waals surface area contributed by atoms with Crippen molar-refractivity contribution in [2.24, 2.45) is 0 Å². The van der Waals surface area contributed by atoms with Gasteiger partial charge in [-0.25, -0.2) is 0 Å². The van der Waals surface area contributed by atoms with Crippen LogP contribution >= 0.6 is 11.6 Å². The Morgan fingerprint density at radius 3 is 2.73 bits per heavy atom. The summed E-state index contributed by atoms with van der Waals surface area (Å²) in [4.78, 5) is 29.0. The predicted octanol–water partition coefficient (Wildman–Crippen LogP) is 3.24. The summed E-state index contributed by atoms with van der Waals surface area (Å²) < 4.78 is 0. The second kappa shape index (κ2) is 7.12. The quantitative estimate of drug-likeness (QED) is 0.834. The van der Waals surface area contributed by atoms with Gasteiger partial charge in [-0.2, -0.15) is 0 Å². The third kappa shape index (κ3) is 3.21. The van der Waals surface area contributed by atoms with Gasteiger partial charge in [0.1, 0.15) is 0 Å². The van der Waals surface area contributed by atoms with Gasteiger partial charge in [-0.1, -0.05) is 54.1 Å². The van der Waals surface area contributed by atoms with Gasteiger partial charge in [0.2, 0.25) is 11.8 Å². The van der Waals surface area contributed by atoms with Gasteiger partial charge in [0.05, 0.1) is 12.6 Å². The summed E-state index contributed by atoms with van der Waals surface area (Å²) >= 11 is 6.18. The van der Waals surface area contributed by atoms with E-state index < -0.39 is 0 Å². The number of rotatable bonds is 3. The molecule has 0 saturated carbocycles. The molecule has 2 heterocycles. The Hall–Kier alpha value is -2.33. The van der Waals surface area contributed by atoms with E-state index in [2.05, 4.69) is 12.1 Å². The Morgan fingerprint density at radius 2 is 1.88 bits per heavy atom. The summed E-state index contributed by atoms with van der Waals surface area (Å²) in [6, 6.07) is 15.8. The monoisotopic (exact) mass is 368 g/mol. The number of hydrogen-bond acceptors (Lipinski definition) is 2. The van der Waals surface area contributed by atoms with E-state index in [0.29, 0.717) is 24.4 Å². The number of carbonyl (C=O) groups is 2. The first-order valence-electron chi connectivity index (χ1n) is 9.02. The first-order chi connectivity index (χ1) is 12.6. The number of amides is 2. The van der Waals surface area contributed by atoms with Crippen LogP contribution < -0.4 is 0 Å². The molecule has 134 valence electrons. The second-order valence-corrected chi connectivity index (χ2v) is 7.32. The van der Waals surface area contributed by atoms with Crippen LogP contribution in [0.25, 0.3) is 0 Å². The largest absolute Gasteiger partial charge is 0.332 e.